The summed E-state index contributed by atoms with van der Waals surface area (Å²) in [5.41, 5.74) is 1.23. The van der Waals surface area contributed by atoms with Gasteiger partial charge in [0.2, 0.25) is 5.95 Å². The number of aromatic amines is 1. The molecule has 1 atom stereocenters. The first-order valence-electron chi connectivity index (χ1n) is 5.93. The molecule has 1 saturated heterocycles. The Morgan fingerprint density at radius 3 is 2.95 bits per heavy atom. The lowest BCUT2D eigenvalue weighted by Crippen LogP contribution is -2.21. The molecule has 19 heavy (non-hydrogen) atoms. The maximum atomic E-state index is 11.5. The molecule has 1 unspecified atom stereocenters. The molecule has 0 spiro atoms. The summed E-state index contributed by atoms with van der Waals surface area (Å²) in [5, 5.41) is 6.01. The molecule has 3 heterocycles. The van der Waals surface area contributed by atoms with Gasteiger partial charge in [-0.05, 0) is 6.42 Å². The van der Waals surface area contributed by atoms with Crippen LogP contribution in [0.15, 0.2) is 6.33 Å². The number of rotatable bonds is 3. The number of nitrogens with one attached hydrogen (secondary N) is 3. The summed E-state index contributed by atoms with van der Waals surface area (Å²) < 4.78 is 22.9. The van der Waals surface area contributed by atoms with Crippen molar-refractivity contribution in [1.82, 2.24) is 19.9 Å². The topological polar surface area (TPSA) is 113 Å². The van der Waals surface area contributed by atoms with E-state index in [0.717, 1.165) is 0 Å². The SMILES string of the molecule is CNc1nc(NC2CCS(=O)(=O)C2)c2[nH]cnc2n1. The Hall–Kier alpha value is -1.90. The number of fused-ring (bicyclic) bond motifs is 1. The standard InChI is InChI=1S/C10H14N6O2S/c1-11-10-15-8-7(12-5-13-8)9(16-10)14-6-2-3-19(17,18)4-6/h5-6H,2-4H2,1H3,(H3,11,12,13,14,15,16). The monoisotopic (exact) mass is 282 g/mol. The van der Waals surface area contributed by atoms with Gasteiger partial charge in [-0.15, -0.1) is 0 Å². The zero-order valence-electron chi connectivity index (χ0n) is 10.3. The van der Waals surface area contributed by atoms with Crippen LogP contribution in [0.3, 0.4) is 0 Å². The van der Waals surface area contributed by atoms with Crippen molar-refractivity contribution in [3.63, 3.8) is 0 Å². The highest BCUT2D eigenvalue weighted by Gasteiger charge is 2.28. The Labute approximate surface area is 110 Å². The minimum absolute atomic E-state index is 0.115. The van der Waals surface area contributed by atoms with Crippen LogP contribution in [0.1, 0.15) is 6.42 Å². The highest BCUT2D eigenvalue weighted by Crippen LogP contribution is 2.22. The molecule has 2 aromatic heterocycles. The van der Waals surface area contributed by atoms with Gasteiger partial charge in [0.25, 0.3) is 0 Å². The number of hydrogen-bond donors (Lipinski definition) is 3. The van der Waals surface area contributed by atoms with Crippen molar-refractivity contribution in [1.29, 1.82) is 0 Å². The van der Waals surface area contributed by atoms with Crippen molar-refractivity contribution in [2.24, 2.45) is 0 Å². The average Bonchev–Trinajstić information content (AvgIpc) is 2.95. The molecule has 0 aliphatic carbocycles. The summed E-state index contributed by atoms with van der Waals surface area (Å²) in [4.78, 5) is 15.5. The minimum Gasteiger partial charge on any atom is -0.364 e. The first kappa shape index (κ1) is 12.2. The highest BCUT2D eigenvalue weighted by atomic mass is 32.2. The lowest BCUT2D eigenvalue weighted by atomic mass is 10.2. The first-order valence-corrected chi connectivity index (χ1v) is 7.75. The molecule has 3 rings (SSSR count). The van der Waals surface area contributed by atoms with Crippen LogP contribution in [-0.4, -0.2) is 52.9 Å². The van der Waals surface area contributed by atoms with Gasteiger partial charge in [-0.1, -0.05) is 0 Å². The predicted molar refractivity (Wildman–Crippen MR) is 71.9 cm³/mol. The fourth-order valence-corrected chi connectivity index (χ4v) is 3.83. The van der Waals surface area contributed by atoms with Crippen LogP contribution in [-0.2, 0) is 9.84 Å². The summed E-state index contributed by atoms with van der Waals surface area (Å²) in [7, 11) is -1.20. The van der Waals surface area contributed by atoms with Gasteiger partial charge in [0.05, 0.1) is 17.8 Å². The van der Waals surface area contributed by atoms with Crippen LogP contribution in [0.5, 0.6) is 0 Å². The van der Waals surface area contributed by atoms with Crippen LogP contribution in [0, 0.1) is 0 Å². The van der Waals surface area contributed by atoms with Crippen LogP contribution in [0.25, 0.3) is 11.2 Å². The van der Waals surface area contributed by atoms with Crippen molar-refractivity contribution in [3.05, 3.63) is 6.33 Å². The van der Waals surface area contributed by atoms with Gasteiger partial charge in [-0.25, -0.2) is 13.4 Å². The highest BCUT2D eigenvalue weighted by molar-refractivity contribution is 7.91. The van der Waals surface area contributed by atoms with Crippen LogP contribution < -0.4 is 10.6 Å². The molecule has 1 aliphatic heterocycles. The molecule has 0 amide bonds. The Bertz CT molecular complexity index is 710. The Morgan fingerprint density at radius 1 is 1.42 bits per heavy atom. The van der Waals surface area contributed by atoms with E-state index < -0.39 is 9.84 Å². The van der Waals surface area contributed by atoms with Gasteiger partial charge in [0.1, 0.15) is 5.52 Å². The number of H-pyrrole nitrogens is 1. The van der Waals surface area contributed by atoms with Gasteiger partial charge in [-0.2, -0.15) is 9.97 Å². The zero-order valence-corrected chi connectivity index (χ0v) is 11.2. The summed E-state index contributed by atoms with van der Waals surface area (Å²) in [6.45, 7) is 0. The van der Waals surface area contributed by atoms with Crippen LogP contribution in [0.2, 0.25) is 0 Å². The number of sulfone groups is 1. The lowest BCUT2D eigenvalue weighted by molar-refractivity contribution is 0.602. The molecule has 9 heteroatoms. The predicted octanol–water partition coefficient (Wildman–Crippen LogP) is -0.00640. The number of nitrogens with zero attached hydrogens (tertiary/aromatic N) is 3. The van der Waals surface area contributed by atoms with Crippen molar-refractivity contribution in [2.45, 2.75) is 12.5 Å². The quantitative estimate of drug-likeness (QED) is 0.726. The van der Waals surface area contributed by atoms with Crippen molar-refractivity contribution in [3.8, 4) is 0 Å². The Balaban J connectivity index is 1.94. The van der Waals surface area contributed by atoms with E-state index in [2.05, 4.69) is 30.6 Å². The second kappa shape index (κ2) is 4.34. The average molecular weight is 282 g/mol. The zero-order chi connectivity index (χ0) is 13.5. The summed E-state index contributed by atoms with van der Waals surface area (Å²) in [6, 6.07) is -0.115. The van der Waals surface area contributed by atoms with E-state index in [1.54, 1.807) is 7.05 Å². The fraction of sp³-hybridized carbons (Fsp3) is 0.500. The molecule has 2 aromatic rings. The number of hydrogen-bond acceptors (Lipinski definition) is 7. The van der Waals surface area contributed by atoms with E-state index in [4.69, 9.17) is 0 Å². The maximum absolute atomic E-state index is 11.5. The van der Waals surface area contributed by atoms with E-state index >= 15 is 0 Å². The molecular formula is C10H14N6O2S. The number of imidazole rings is 1. The van der Waals surface area contributed by atoms with E-state index in [-0.39, 0.29) is 17.5 Å². The van der Waals surface area contributed by atoms with E-state index in [0.29, 0.717) is 29.4 Å². The molecule has 1 aliphatic rings. The first-order chi connectivity index (χ1) is 9.07. The molecule has 1 fully saturated rings. The van der Waals surface area contributed by atoms with Gasteiger partial charge in [0, 0.05) is 13.1 Å². The Kier molecular flexibility index (Phi) is 2.77. The molecule has 102 valence electrons. The van der Waals surface area contributed by atoms with Gasteiger partial charge in [0.15, 0.2) is 21.3 Å². The van der Waals surface area contributed by atoms with E-state index in [1.807, 2.05) is 0 Å². The number of anilines is 2. The van der Waals surface area contributed by atoms with Crippen LogP contribution in [0.4, 0.5) is 11.8 Å². The van der Waals surface area contributed by atoms with Crippen LogP contribution >= 0.6 is 0 Å². The fourth-order valence-electron chi connectivity index (χ4n) is 2.15. The molecule has 0 aromatic carbocycles. The van der Waals surface area contributed by atoms with Gasteiger partial charge < -0.3 is 15.6 Å². The Morgan fingerprint density at radius 2 is 2.26 bits per heavy atom. The van der Waals surface area contributed by atoms with Gasteiger partial charge >= 0.3 is 0 Å². The third kappa shape index (κ3) is 2.33. The summed E-state index contributed by atoms with van der Waals surface area (Å²) in [6.07, 6.45) is 2.13. The molecule has 0 radical (unpaired) electrons. The molecule has 3 N–H and O–H groups in total. The summed E-state index contributed by atoms with van der Waals surface area (Å²) >= 11 is 0. The number of aromatic nitrogens is 4. The lowest BCUT2D eigenvalue weighted by Gasteiger charge is -2.12. The second-order valence-corrected chi connectivity index (χ2v) is 6.72. The smallest absolute Gasteiger partial charge is 0.226 e. The second-order valence-electron chi connectivity index (χ2n) is 4.49. The normalized spacial score (nSPS) is 21.6. The molecule has 0 bridgehead atoms. The molecular weight excluding hydrogens is 268 g/mol. The third-order valence-corrected chi connectivity index (χ3v) is 4.85. The van der Waals surface area contributed by atoms with Gasteiger partial charge in [-0.3, -0.25) is 0 Å². The molecule has 0 saturated carbocycles. The van der Waals surface area contributed by atoms with E-state index in [9.17, 15) is 8.42 Å². The van der Waals surface area contributed by atoms with Crippen molar-refractivity contribution >= 4 is 32.8 Å². The van der Waals surface area contributed by atoms with Crippen molar-refractivity contribution in [2.75, 3.05) is 29.2 Å². The van der Waals surface area contributed by atoms with Crippen molar-refractivity contribution < 1.29 is 8.42 Å². The summed E-state index contributed by atoms with van der Waals surface area (Å²) in [5.74, 6) is 1.39. The third-order valence-electron chi connectivity index (χ3n) is 3.08. The minimum atomic E-state index is -2.92. The molecule has 8 nitrogen and oxygen atoms in total. The maximum Gasteiger partial charge on any atom is 0.226 e. The van der Waals surface area contributed by atoms with E-state index in [1.165, 1.54) is 6.33 Å². The largest absolute Gasteiger partial charge is 0.364 e.